The normalized spacial score (nSPS) is 14.8. The maximum absolute atomic E-state index is 9.99. The van der Waals surface area contributed by atoms with Gasteiger partial charge in [-0.2, -0.15) is 0 Å². The van der Waals surface area contributed by atoms with Crippen LogP contribution in [0, 0.1) is 5.92 Å². The molecule has 0 bridgehead atoms. The first-order valence-electron chi connectivity index (χ1n) is 8.50. The number of unbranched alkanes of at least 4 members (excludes halogenated alkanes) is 2. The van der Waals surface area contributed by atoms with Gasteiger partial charge in [-0.15, -0.1) is 0 Å². The second kappa shape index (κ2) is 12.9. The van der Waals surface area contributed by atoms with Crippen LogP contribution < -0.4 is 0 Å². The molecule has 0 rings (SSSR count). The predicted molar refractivity (Wildman–Crippen MR) is 83.3 cm³/mol. The molecule has 0 heterocycles. The van der Waals surface area contributed by atoms with Crippen LogP contribution in [-0.4, -0.2) is 22.4 Å². The summed E-state index contributed by atoms with van der Waals surface area (Å²) in [4.78, 5) is 0. The van der Waals surface area contributed by atoms with E-state index in [9.17, 15) is 10.2 Å². The lowest BCUT2D eigenvalue weighted by atomic mass is 9.89. The third-order valence-electron chi connectivity index (χ3n) is 4.01. The van der Waals surface area contributed by atoms with Gasteiger partial charge in [0.1, 0.15) is 0 Å². The smallest absolute Gasteiger partial charge is 0.0565 e. The van der Waals surface area contributed by atoms with Crippen molar-refractivity contribution in [1.82, 2.24) is 0 Å². The third-order valence-corrected chi connectivity index (χ3v) is 4.01. The second-order valence-corrected chi connectivity index (χ2v) is 6.06. The molecule has 0 aromatic heterocycles. The quantitative estimate of drug-likeness (QED) is 0.511. The Labute approximate surface area is 120 Å². The minimum Gasteiger partial charge on any atom is -0.393 e. The molecular weight excluding hydrogens is 236 g/mol. The van der Waals surface area contributed by atoms with E-state index in [1.165, 1.54) is 38.5 Å². The molecule has 0 radical (unpaired) electrons. The Balaban J connectivity index is 3.86. The van der Waals surface area contributed by atoms with Gasteiger partial charge in [-0.05, 0) is 31.6 Å². The summed E-state index contributed by atoms with van der Waals surface area (Å²) >= 11 is 0. The number of aliphatic hydroxyl groups is 2. The predicted octanol–water partition coefficient (Wildman–Crippen LogP) is 4.68. The highest BCUT2D eigenvalue weighted by molar-refractivity contribution is 4.67. The Morgan fingerprint density at radius 3 is 1.63 bits per heavy atom. The van der Waals surface area contributed by atoms with Gasteiger partial charge in [0.25, 0.3) is 0 Å². The van der Waals surface area contributed by atoms with Gasteiger partial charge in [0.2, 0.25) is 0 Å². The van der Waals surface area contributed by atoms with E-state index in [0.29, 0.717) is 6.42 Å². The van der Waals surface area contributed by atoms with Crippen LogP contribution in [0.1, 0.15) is 91.4 Å². The minimum atomic E-state index is -0.315. The van der Waals surface area contributed by atoms with E-state index < -0.39 is 0 Å². The summed E-state index contributed by atoms with van der Waals surface area (Å²) in [5.74, 6) is 0.776. The van der Waals surface area contributed by atoms with Gasteiger partial charge in [-0.1, -0.05) is 65.7 Å². The molecule has 0 spiro atoms. The molecule has 0 aliphatic rings. The van der Waals surface area contributed by atoms with Gasteiger partial charge in [-0.3, -0.25) is 0 Å². The zero-order chi connectivity index (χ0) is 14.5. The molecule has 2 unspecified atom stereocenters. The van der Waals surface area contributed by atoms with Crippen molar-refractivity contribution in [2.45, 2.75) is 104 Å². The van der Waals surface area contributed by atoms with Crippen molar-refractivity contribution in [3.8, 4) is 0 Å². The van der Waals surface area contributed by atoms with Crippen molar-refractivity contribution < 1.29 is 10.2 Å². The first kappa shape index (κ1) is 18.9. The third kappa shape index (κ3) is 11.4. The van der Waals surface area contributed by atoms with Crippen LogP contribution in [0.5, 0.6) is 0 Å². The van der Waals surface area contributed by atoms with Crippen molar-refractivity contribution in [3.05, 3.63) is 0 Å². The summed E-state index contributed by atoms with van der Waals surface area (Å²) in [5.41, 5.74) is 0. The van der Waals surface area contributed by atoms with Crippen LogP contribution in [0.2, 0.25) is 0 Å². The SMILES string of the molecule is CCCCC(CCCC)CCC(O)CC(O)CCC. The maximum atomic E-state index is 9.99. The summed E-state index contributed by atoms with van der Waals surface area (Å²) in [5, 5.41) is 19.7. The Morgan fingerprint density at radius 2 is 1.16 bits per heavy atom. The summed E-state index contributed by atoms with van der Waals surface area (Å²) in [6.45, 7) is 6.56. The van der Waals surface area contributed by atoms with E-state index in [1.54, 1.807) is 0 Å². The first-order valence-corrected chi connectivity index (χ1v) is 8.50. The standard InChI is InChI=1S/C17H36O2/c1-4-7-10-15(11-8-5-2)12-13-17(19)14-16(18)9-6-3/h15-19H,4-14H2,1-3H3. The Kier molecular flexibility index (Phi) is 12.9. The Morgan fingerprint density at radius 1 is 0.632 bits per heavy atom. The summed E-state index contributed by atoms with van der Waals surface area (Å²) < 4.78 is 0. The van der Waals surface area contributed by atoms with E-state index in [1.807, 2.05) is 0 Å². The highest BCUT2D eigenvalue weighted by atomic mass is 16.3. The molecule has 0 aliphatic carbocycles. The van der Waals surface area contributed by atoms with Crippen LogP contribution in [-0.2, 0) is 0 Å². The zero-order valence-electron chi connectivity index (χ0n) is 13.4. The molecule has 0 fully saturated rings. The average Bonchev–Trinajstić information content (AvgIpc) is 2.38. The fourth-order valence-electron chi connectivity index (χ4n) is 2.73. The van der Waals surface area contributed by atoms with Crippen molar-refractivity contribution in [2.24, 2.45) is 5.92 Å². The van der Waals surface area contributed by atoms with E-state index in [4.69, 9.17) is 0 Å². The largest absolute Gasteiger partial charge is 0.393 e. The van der Waals surface area contributed by atoms with Crippen molar-refractivity contribution >= 4 is 0 Å². The fourth-order valence-corrected chi connectivity index (χ4v) is 2.73. The molecule has 0 aromatic carbocycles. The molecule has 0 saturated carbocycles. The van der Waals surface area contributed by atoms with Gasteiger partial charge < -0.3 is 10.2 Å². The van der Waals surface area contributed by atoms with Crippen LogP contribution in [0.4, 0.5) is 0 Å². The van der Waals surface area contributed by atoms with E-state index in [2.05, 4.69) is 20.8 Å². The Bertz CT molecular complexity index is 174. The van der Waals surface area contributed by atoms with Crippen molar-refractivity contribution in [3.63, 3.8) is 0 Å². The molecule has 0 amide bonds. The van der Waals surface area contributed by atoms with Crippen LogP contribution >= 0.6 is 0 Å². The second-order valence-electron chi connectivity index (χ2n) is 6.06. The minimum absolute atomic E-state index is 0.313. The lowest BCUT2D eigenvalue weighted by molar-refractivity contribution is 0.0661. The van der Waals surface area contributed by atoms with Gasteiger partial charge in [0, 0.05) is 0 Å². The van der Waals surface area contributed by atoms with Gasteiger partial charge in [0.15, 0.2) is 0 Å². The lowest BCUT2D eigenvalue weighted by Crippen LogP contribution is -2.18. The molecular formula is C17H36O2. The molecule has 2 heteroatoms. The van der Waals surface area contributed by atoms with Crippen molar-refractivity contribution in [1.29, 1.82) is 0 Å². The average molecular weight is 272 g/mol. The van der Waals surface area contributed by atoms with Gasteiger partial charge in [-0.25, -0.2) is 0 Å². The molecule has 0 aliphatic heterocycles. The van der Waals surface area contributed by atoms with Crippen LogP contribution in [0.3, 0.4) is 0 Å². The molecule has 2 N–H and O–H groups in total. The van der Waals surface area contributed by atoms with E-state index >= 15 is 0 Å². The summed E-state index contributed by atoms with van der Waals surface area (Å²) in [6, 6.07) is 0. The fraction of sp³-hybridized carbons (Fsp3) is 1.00. The zero-order valence-corrected chi connectivity index (χ0v) is 13.4. The Hall–Kier alpha value is -0.0800. The van der Waals surface area contributed by atoms with Crippen molar-refractivity contribution in [2.75, 3.05) is 0 Å². The molecule has 0 aromatic rings. The highest BCUT2D eigenvalue weighted by Crippen LogP contribution is 2.23. The summed E-state index contributed by atoms with van der Waals surface area (Å²) in [7, 11) is 0. The molecule has 2 atom stereocenters. The van der Waals surface area contributed by atoms with Gasteiger partial charge >= 0.3 is 0 Å². The summed E-state index contributed by atoms with van der Waals surface area (Å²) in [6.07, 6.45) is 11.5. The van der Waals surface area contributed by atoms with Gasteiger partial charge in [0.05, 0.1) is 12.2 Å². The number of hydrogen-bond donors (Lipinski definition) is 2. The van der Waals surface area contributed by atoms with E-state index in [0.717, 1.165) is 31.6 Å². The molecule has 0 saturated heterocycles. The monoisotopic (exact) mass is 272 g/mol. The maximum Gasteiger partial charge on any atom is 0.0565 e. The first-order chi connectivity index (χ1) is 9.13. The molecule has 2 nitrogen and oxygen atoms in total. The number of aliphatic hydroxyl groups excluding tert-OH is 2. The topological polar surface area (TPSA) is 40.5 Å². The molecule has 116 valence electrons. The lowest BCUT2D eigenvalue weighted by Gasteiger charge is -2.20. The highest BCUT2D eigenvalue weighted by Gasteiger charge is 2.14. The molecule has 19 heavy (non-hydrogen) atoms. The van der Waals surface area contributed by atoms with E-state index in [-0.39, 0.29) is 12.2 Å². The number of rotatable bonds is 13. The van der Waals surface area contributed by atoms with Crippen LogP contribution in [0.25, 0.3) is 0 Å². The van der Waals surface area contributed by atoms with Crippen LogP contribution in [0.15, 0.2) is 0 Å². The number of hydrogen-bond acceptors (Lipinski definition) is 2.